The minimum absolute atomic E-state index is 0.0564. The quantitative estimate of drug-likeness (QED) is 0.798. The number of carbonyl (C=O) groups excluding carboxylic acids is 1. The highest BCUT2D eigenvalue weighted by Gasteiger charge is 2.26. The summed E-state index contributed by atoms with van der Waals surface area (Å²) < 4.78 is 41.7. The first-order valence-electron chi connectivity index (χ1n) is 7.07. The monoisotopic (exact) mass is 406 g/mol. The Hall–Kier alpha value is -1.68. The molecule has 0 atom stereocenters. The van der Waals surface area contributed by atoms with Gasteiger partial charge in [-0.3, -0.25) is 4.79 Å². The summed E-state index contributed by atoms with van der Waals surface area (Å²) in [5, 5.41) is 5.17. The van der Waals surface area contributed by atoms with Crippen LogP contribution in [0, 0.1) is 12.7 Å². The van der Waals surface area contributed by atoms with E-state index in [4.69, 9.17) is 21.5 Å². The molecular formula is C15H16ClFN2O4S2. The van der Waals surface area contributed by atoms with Crippen LogP contribution in [0.15, 0.2) is 28.5 Å². The predicted molar refractivity (Wildman–Crippen MR) is 94.3 cm³/mol. The summed E-state index contributed by atoms with van der Waals surface area (Å²) in [6, 6.07) is 5.93. The van der Waals surface area contributed by atoms with E-state index >= 15 is 0 Å². The van der Waals surface area contributed by atoms with Crippen LogP contribution in [0.2, 0.25) is 5.02 Å². The van der Waals surface area contributed by atoms with E-state index in [1.807, 2.05) is 0 Å². The van der Waals surface area contributed by atoms with E-state index in [2.05, 4.69) is 0 Å². The number of halogens is 2. The summed E-state index contributed by atoms with van der Waals surface area (Å²) in [7, 11) is -2.45. The minimum Gasteiger partial charge on any atom is -0.489 e. The summed E-state index contributed by atoms with van der Waals surface area (Å²) in [5.41, 5.74) is 0.244. The molecule has 1 heterocycles. The molecule has 0 saturated heterocycles. The highest BCUT2D eigenvalue weighted by Crippen LogP contribution is 2.35. The Balaban J connectivity index is 2.07. The molecule has 2 rings (SSSR count). The Bertz CT molecular complexity index is 899. The average Bonchev–Trinajstić information content (AvgIpc) is 2.84. The summed E-state index contributed by atoms with van der Waals surface area (Å²) >= 11 is 6.80. The third-order valence-corrected chi connectivity index (χ3v) is 6.78. The summed E-state index contributed by atoms with van der Waals surface area (Å²) in [6.45, 7) is 1.70. The van der Waals surface area contributed by atoms with Crippen molar-refractivity contribution in [3.63, 3.8) is 0 Å². The Kier molecular flexibility index (Phi) is 6.04. The van der Waals surface area contributed by atoms with Gasteiger partial charge in [-0.1, -0.05) is 23.7 Å². The van der Waals surface area contributed by atoms with Gasteiger partial charge in [-0.2, -0.15) is 0 Å². The molecule has 1 amide bonds. The lowest BCUT2D eigenvalue weighted by Crippen LogP contribution is -2.30. The smallest absolute Gasteiger partial charge is 0.265 e. The maximum atomic E-state index is 13.5. The van der Waals surface area contributed by atoms with Crippen molar-refractivity contribution in [1.82, 2.24) is 4.90 Å². The Labute approximate surface area is 154 Å². The van der Waals surface area contributed by atoms with Crippen LogP contribution in [-0.2, 0) is 10.0 Å². The van der Waals surface area contributed by atoms with Crippen LogP contribution in [0.4, 0.5) is 4.39 Å². The molecule has 0 bridgehead atoms. The number of ether oxygens (including phenoxy) is 1. The van der Waals surface area contributed by atoms with E-state index in [1.54, 1.807) is 12.1 Å². The Morgan fingerprint density at radius 2 is 2.04 bits per heavy atom. The van der Waals surface area contributed by atoms with Crippen molar-refractivity contribution >= 4 is 38.9 Å². The lowest BCUT2D eigenvalue weighted by molar-refractivity contribution is 0.0777. The van der Waals surface area contributed by atoms with E-state index in [0.29, 0.717) is 0 Å². The topological polar surface area (TPSA) is 89.7 Å². The molecule has 6 nitrogen and oxygen atoms in total. The van der Waals surface area contributed by atoms with Crippen LogP contribution in [0.3, 0.4) is 0 Å². The normalized spacial score (nSPS) is 11.4. The van der Waals surface area contributed by atoms with E-state index < -0.39 is 21.7 Å². The van der Waals surface area contributed by atoms with Crippen LogP contribution in [0.1, 0.15) is 15.2 Å². The number of likely N-dealkylation sites (N-methyl/N-ethyl adjacent to an activating group) is 1. The molecule has 0 aliphatic heterocycles. The maximum absolute atomic E-state index is 13.5. The molecule has 1 aromatic carbocycles. The molecule has 136 valence electrons. The third kappa shape index (κ3) is 4.49. The molecule has 0 aliphatic carbocycles. The van der Waals surface area contributed by atoms with E-state index in [0.717, 1.165) is 11.3 Å². The second kappa shape index (κ2) is 7.69. The zero-order chi connectivity index (χ0) is 18.8. The Morgan fingerprint density at radius 1 is 1.40 bits per heavy atom. The van der Waals surface area contributed by atoms with Gasteiger partial charge < -0.3 is 9.64 Å². The number of primary sulfonamides is 1. The van der Waals surface area contributed by atoms with Crippen LogP contribution in [0.25, 0.3) is 0 Å². The molecule has 0 aliphatic rings. The highest BCUT2D eigenvalue weighted by atomic mass is 35.5. The summed E-state index contributed by atoms with van der Waals surface area (Å²) in [4.78, 5) is 13.8. The fraction of sp³-hybridized carbons (Fsp3) is 0.267. The second-order valence-electron chi connectivity index (χ2n) is 5.21. The number of thiophene rings is 1. The molecule has 0 unspecified atom stereocenters. The van der Waals surface area contributed by atoms with Crippen molar-refractivity contribution in [2.45, 2.75) is 11.1 Å². The van der Waals surface area contributed by atoms with Gasteiger partial charge in [-0.05, 0) is 24.6 Å². The van der Waals surface area contributed by atoms with Crippen molar-refractivity contribution in [2.24, 2.45) is 5.14 Å². The molecule has 2 N–H and O–H groups in total. The number of sulfonamides is 1. The number of rotatable bonds is 6. The molecule has 1 aromatic heterocycles. The lowest BCUT2D eigenvalue weighted by Gasteiger charge is -2.17. The average molecular weight is 407 g/mol. The summed E-state index contributed by atoms with van der Waals surface area (Å²) in [6.07, 6.45) is 0. The van der Waals surface area contributed by atoms with Gasteiger partial charge in [0.15, 0.2) is 11.6 Å². The van der Waals surface area contributed by atoms with Gasteiger partial charge in [0.2, 0.25) is 10.0 Å². The first kappa shape index (κ1) is 19.6. The highest BCUT2D eigenvalue weighted by molar-refractivity contribution is 7.91. The third-order valence-electron chi connectivity index (χ3n) is 3.35. The van der Waals surface area contributed by atoms with E-state index in [1.165, 1.54) is 31.0 Å². The molecule has 25 heavy (non-hydrogen) atoms. The molecule has 0 radical (unpaired) electrons. The van der Waals surface area contributed by atoms with Gasteiger partial charge in [0.25, 0.3) is 5.91 Å². The first-order chi connectivity index (χ1) is 11.6. The summed E-state index contributed by atoms with van der Waals surface area (Å²) in [5.74, 6) is -0.874. The standard InChI is InChI=1S/C15H16ClFN2O4S2/c1-9-12(16)13(24-15(9)25(18,21)22)14(20)19(2)7-8-23-11-6-4-3-5-10(11)17/h3-6H,7-8H2,1-2H3,(H2,18,21,22). The molecule has 0 saturated carbocycles. The maximum Gasteiger partial charge on any atom is 0.265 e. The fourth-order valence-corrected chi connectivity index (χ4v) is 4.59. The van der Waals surface area contributed by atoms with Crippen LogP contribution in [-0.4, -0.2) is 39.4 Å². The largest absolute Gasteiger partial charge is 0.489 e. The number of carbonyl (C=O) groups is 1. The minimum atomic E-state index is -3.96. The number of para-hydroxylation sites is 1. The number of hydrogen-bond donors (Lipinski definition) is 1. The zero-order valence-electron chi connectivity index (χ0n) is 13.5. The van der Waals surface area contributed by atoms with Gasteiger partial charge in [0.05, 0.1) is 11.6 Å². The van der Waals surface area contributed by atoms with E-state index in [9.17, 15) is 17.6 Å². The van der Waals surface area contributed by atoms with Crippen LogP contribution >= 0.6 is 22.9 Å². The van der Waals surface area contributed by atoms with Crippen LogP contribution in [0.5, 0.6) is 5.75 Å². The van der Waals surface area contributed by atoms with Gasteiger partial charge in [-0.15, -0.1) is 11.3 Å². The van der Waals surface area contributed by atoms with Crippen molar-refractivity contribution in [1.29, 1.82) is 0 Å². The second-order valence-corrected chi connectivity index (χ2v) is 8.36. The SMILES string of the molecule is Cc1c(S(N)(=O)=O)sc(C(=O)N(C)CCOc2ccccc2F)c1Cl. The predicted octanol–water partition coefficient (Wildman–Crippen LogP) is 2.65. The van der Waals surface area contributed by atoms with Crippen molar-refractivity contribution in [3.8, 4) is 5.75 Å². The number of amides is 1. The van der Waals surface area contributed by atoms with E-state index in [-0.39, 0.29) is 38.6 Å². The lowest BCUT2D eigenvalue weighted by atomic mass is 10.3. The van der Waals surface area contributed by atoms with Crippen molar-refractivity contribution in [3.05, 3.63) is 45.5 Å². The van der Waals surface area contributed by atoms with Crippen LogP contribution < -0.4 is 9.88 Å². The molecule has 10 heteroatoms. The number of nitrogens with two attached hydrogens (primary N) is 1. The number of benzene rings is 1. The Morgan fingerprint density at radius 3 is 2.60 bits per heavy atom. The molecular weight excluding hydrogens is 391 g/mol. The first-order valence-corrected chi connectivity index (χ1v) is 9.81. The zero-order valence-corrected chi connectivity index (χ0v) is 15.8. The molecule has 2 aromatic rings. The van der Waals surface area contributed by atoms with Gasteiger partial charge in [0, 0.05) is 7.05 Å². The van der Waals surface area contributed by atoms with Gasteiger partial charge in [-0.25, -0.2) is 17.9 Å². The number of nitrogens with zero attached hydrogens (tertiary/aromatic N) is 1. The molecule has 0 spiro atoms. The fourth-order valence-electron chi connectivity index (χ4n) is 2.01. The number of hydrogen-bond acceptors (Lipinski definition) is 5. The van der Waals surface area contributed by atoms with Crippen molar-refractivity contribution in [2.75, 3.05) is 20.2 Å². The van der Waals surface area contributed by atoms with Gasteiger partial charge in [0.1, 0.15) is 15.7 Å². The van der Waals surface area contributed by atoms with Gasteiger partial charge >= 0.3 is 0 Å². The molecule has 0 fully saturated rings. The van der Waals surface area contributed by atoms with Crippen molar-refractivity contribution < 1.29 is 22.3 Å².